The lowest BCUT2D eigenvalue weighted by Gasteiger charge is -2.28. The molecule has 7 heteroatoms. The summed E-state index contributed by atoms with van der Waals surface area (Å²) in [6, 6.07) is 24.7. The molecule has 0 saturated carbocycles. The Bertz CT molecular complexity index is 1180. The number of benzene rings is 3. The zero-order valence-corrected chi connectivity index (χ0v) is 18.5. The first-order chi connectivity index (χ1) is 16.0. The van der Waals surface area contributed by atoms with Crippen LogP contribution in [0, 0.1) is 0 Å². The van der Waals surface area contributed by atoms with Gasteiger partial charge in [-0.05, 0) is 36.2 Å². The van der Waals surface area contributed by atoms with Gasteiger partial charge in [0.05, 0.1) is 24.9 Å². The molecular formula is C26H26N4O3. The van der Waals surface area contributed by atoms with Gasteiger partial charge in [0.25, 0.3) is 0 Å². The van der Waals surface area contributed by atoms with Crippen LogP contribution in [-0.4, -0.2) is 24.6 Å². The number of ether oxygens (including phenoxy) is 1. The second-order valence-corrected chi connectivity index (χ2v) is 7.83. The van der Waals surface area contributed by atoms with Gasteiger partial charge in [0, 0.05) is 17.7 Å². The van der Waals surface area contributed by atoms with E-state index in [1.165, 1.54) is 0 Å². The lowest BCUT2D eigenvalue weighted by atomic mass is 9.92. The number of hydrazone groups is 1. The minimum atomic E-state index is -0.806. The third kappa shape index (κ3) is 5.20. The van der Waals surface area contributed by atoms with Crippen LogP contribution in [0.5, 0.6) is 5.75 Å². The summed E-state index contributed by atoms with van der Waals surface area (Å²) in [5.74, 6) is -0.773. The summed E-state index contributed by atoms with van der Waals surface area (Å²) < 4.78 is 5.35. The van der Waals surface area contributed by atoms with Gasteiger partial charge in [0.1, 0.15) is 5.75 Å². The Balaban J connectivity index is 1.49. The zero-order valence-electron chi connectivity index (χ0n) is 18.5. The topological polar surface area (TPSA) is 91.8 Å². The van der Waals surface area contributed by atoms with Gasteiger partial charge in [-0.1, -0.05) is 60.7 Å². The van der Waals surface area contributed by atoms with Crippen molar-refractivity contribution in [1.82, 2.24) is 10.7 Å². The van der Waals surface area contributed by atoms with Crippen LogP contribution < -0.4 is 20.8 Å². The van der Waals surface area contributed by atoms with Crippen molar-refractivity contribution in [1.29, 1.82) is 0 Å². The van der Waals surface area contributed by atoms with E-state index in [4.69, 9.17) is 4.74 Å². The Hall–Kier alpha value is -4.13. The van der Waals surface area contributed by atoms with E-state index >= 15 is 0 Å². The van der Waals surface area contributed by atoms with Crippen LogP contribution in [0.15, 0.2) is 84.0 Å². The van der Waals surface area contributed by atoms with Crippen molar-refractivity contribution in [2.75, 3.05) is 12.4 Å². The predicted molar refractivity (Wildman–Crippen MR) is 128 cm³/mol. The molecule has 3 aromatic rings. The maximum absolute atomic E-state index is 12.4. The van der Waals surface area contributed by atoms with E-state index in [2.05, 4.69) is 21.2 Å². The van der Waals surface area contributed by atoms with Gasteiger partial charge in [0.2, 0.25) is 0 Å². The highest BCUT2D eigenvalue weighted by atomic mass is 16.5. The maximum atomic E-state index is 12.4. The minimum absolute atomic E-state index is 0.0578. The Morgan fingerprint density at radius 2 is 1.76 bits per heavy atom. The molecule has 1 aliphatic heterocycles. The summed E-state index contributed by atoms with van der Waals surface area (Å²) in [7, 11) is 1.63. The first-order valence-electron chi connectivity index (χ1n) is 10.8. The highest BCUT2D eigenvalue weighted by Gasteiger charge is 2.25. The van der Waals surface area contributed by atoms with Crippen LogP contribution in [0.25, 0.3) is 0 Å². The fourth-order valence-corrected chi connectivity index (χ4v) is 3.82. The van der Waals surface area contributed by atoms with Gasteiger partial charge in [-0.2, -0.15) is 5.10 Å². The quantitative estimate of drug-likeness (QED) is 0.412. The number of methoxy groups -OCH3 is 1. The monoisotopic (exact) mass is 442 g/mol. The summed E-state index contributed by atoms with van der Waals surface area (Å²) in [5, 5.41) is 10.6. The molecule has 0 aromatic heterocycles. The third-order valence-corrected chi connectivity index (χ3v) is 5.61. The first-order valence-corrected chi connectivity index (χ1v) is 10.8. The van der Waals surface area contributed by atoms with E-state index in [9.17, 15) is 9.59 Å². The summed E-state index contributed by atoms with van der Waals surface area (Å²) in [6.45, 7) is 1.83. The second kappa shape index (κ2) is 9.99. The number of fused-ring (bicyclic) bond motifs is 1. The molecule has 7 nitrogen and oxygen atoms in total. The molecule has 0 spiro atoms. The number of nitrogens with one attached hydrogen (secondary N) is 3. The number of hydrogen-bond acceptors (Lipinski definition) is 5. The van der Waals surface area contributed by atoms with Crippen molar-refractivity contribution in [3.8, 4) is 5.75 Å². The van der Waals surface area contributed by atoms with E-state index in [0.717, 1.165) is 28.1 Å². The second-order valence-electron chi connectivity index (χ2n) is 7.83. The summed E-state index contributed by atoms with van der Waals surface area (Å²) in [5.41, 5.74) is 6.87. The summed E-state index contributed by atoms with van der Waals surface area (Å²) >= 11 is 0. The van der Waals surface area contributed by atoms with Gasteiger partial charge in [-0.25, -0.2) is 5.43 Å². The van der Waals surface area contributed by atoms with Crippen molar-refractivity contribution in [3.05, 3.63) is 95.6 Å². The predicted octanol–water partition coefficient (Wildman–Crippen LogP) is 3.95. The molecular weight excluding hydrogens is 416 g/mol. The molecule has 2 atom stereocenters. The number of carbonyl (C=O) groups excluding carboxylic acids is 2. The molecule has 2 amide bonds. The highest BCUT2D eigenvalue weighted by Crippen LogP contribution is 2.33. The summed E-state index contributed by atoms with van der Waals surface area (Å²) in [6.07, 6.45) is 0.534. The molecule has 0 bridgehead atoms. The lowest BCUT2D eigenvalue weighted by Crippen LogP contribution is -2.39. The number of para-hydroxylation sites is 1. The van der Waals surface area contributed by atoms with Crippen LogP contribution in [0.2, 0.25) is 0 Å². The maximum Gasteiger partial charge on any atom is 0.329 e. The minimum Gasteiger partial charge on any atom is -0.497 e. The molecule has 168 valence electrons. The van der Waals surface area contributed by atoms with Gasteiger partial charge in [0.15, 0.2) is 0 Å². The van der Waals surface area contributed by atoms with E-state index in [-0.39, 0.29) is 12.1 Å². The Labute approximate surface area is 192 Å². The highest BCUT2D eigenvalue weighted by molar-refractivity contribution is 6.35. The van der Waals surface area contributed by atoms with Gasteiger partial charge >= 0.3 is 11.8 Å². The number of carbonyl (C=O) groups is 2. The molecule has 0 aliphatic carbocycles. The van der Waals surface area contributed by atoms with Gasteiger partial charge < -0.3 is 15.4 Å². The van der Waals surface area contributed by atoms with Crippen molar-refractivity contribution in [2.24, 2.45) is 5.10 Å². The molecule has 4 rings (SSSR count). The molecule has 1 unspecified atom stereocenters. The smallest absolute Gasteiger partial charge is 0.329 e. The lowest BCUT2D eigenvalue weighted by molar-refractivity contribution is -0.139. The molecule has 0 radical (unpaired) electrons. The molecule has 0 fully saturated rings. The van der Waals surface area contributed by atoms with Crippen molar-refractivity contribution in [3.63, 3.8) is 0 Å². The van der Waals surface area contributed by atoms with E-state index in [0.29, 0.717) is 12.1 Å². The van der Waals surface area contributed by atoms with Gasteiger partial charge in [-0.15, -0.1) is 0 Å². The molecule has 1 heterocycles. The molecule has 33 heavy (non-hydrogen) atoms. The van der Waals surface area contributed by atoms with Crippen molar-refractivity contribution >= 4 is 23.2 Å². The van der Waals surface area contributed by atoms with Gasteiger partial charge in [-0.3, -0.25) is 9.59 Å². The number of rotatable bonds is 5. The average Bonchev–Trinajstić information content (AvgIpc) is 2.87. The van der Waals surface area contributed by atoms with Crippen LogP contribution >= 0.6 is 0 Å². The first kappa shape index (κ1) is 22.1. The largest absolute Gasteiger partial charge is 0.497 e. The van der Waals surface area contributed by atoms with Crippen LogP contribution in [0.3, 0.4) is 0 Å². The fraction of sp³-hybridized carbons (Fsp3) is 0.192. The normalized spacial score (nSPS) is 16.8. The SMILES string of the molecule is COc1cccc([C@@H]2C/C(=N\NC(=O)C(=O)NC(C)c3ccccc3)c3ccccc3N2)c1. The standard InChI is InChI=1S/C26H26N4O3/c1-17(18-9-4-3-5-10-18)27-25(31)26(32)30-29-24-16-23(19-11-8-12-20(15-19)33-2)28-22-14-7-6-13-21(22)24/h3-15,17,23,28H,16H2,1-2H3,(H,27,31)(H,30,32)/b29-24+/t17?,23-/m0/s1. The molecule has 3 N–H and O–H groups in total. The van der Waals surface area contributed by atoms with E-state index in [1.54, 1.807) is 7.11 Å². The molecule has 3 aromatic carbocycles. The zero-order chi connectivity index (χ0) is 23.2. The number of anilines is 1. The molecule has 0 saturated heterocycles. The van der Waals surface area contributed by atoms with E-state index < -0.39 is 11.8 Å². The van der Waals surface area contributed by atoms with Crippen LogP contribution in [-0.2, 0) is 9.59 Å². The van der Waals surface area contributed by atoms with E-state index in [1.807, 2.05) is 85.8 Å². The Morgan fingerprint density at radius 1 is 1.00 bits per heavy atom. The van der Waals surface area contributed by atoms with Crippen molar-refractivity contribution in [2.45, 2.75) is 25.4 Å². The molecule has 1 aliphatic rings. The number of nitrogens with zero attached hydrogens (tertiary/aromatic N) is 1. The van der Waals surface area contributed by atoms with Crippen LogP contribution in [0.4, 0.5) is 5.69 Å². The fourth-order valence-electron chi connectivity index (χ4n) is 3.82. The Kier molecular flexibility index (Phi) is 6.69. The third-order valence-electron chi connectivity index (χ3n) is 5.61. The Morgan fingerprint density at radius 3 is 2.55 bits per heavy atom. The average molecular weight is 443 g/mol. The number of amides is 2. The summed E-state index contributed by atoms with van der Waals surface area (Å²) in [4.78, 5) is 24.8. The van der Waals surface area contributed by atoms with Crippen molar-refractivity contribution < 1.29 is 14.3 Å². The van der Waals surface area contributed by atoms with Crippen LogP contribution in [0.1, 0.15) is 42.1 Å². The number of hydrogen-bond donors (Lipinski definition) is 3.